The molecule has 8 nitrogen and oxygen atoms in total. The number of ether oxygens (including phenoxy) is 2. The van der Waals surface area contributed by atoms with Crippen LogP contribution in [0, 0.1) is 0 Å². The largest absolute Gasteiger partial charge is 0.469 e. The number of nitrogens with one attached hydrogen (secondary N) is 2. The normalized spacial score (nSPS) is 14.1. The van der Waals surface area contributed by atoms with Crippen molar-refractivity contribution in [2.75, 3.05) is 44.4 Å². The maximum Gasteiger partial charge on any atom is 0.414 e. The third-order valence-electron chi connectivity index (χ3n) is 4.63. The maximum absolute atomic E-state index is 11.7. The zero-order valence-electron chi connectivity index (χ0n) is 17.4. The van der Waals surface area contributed by atoms with Gasteiger partial charge in [-0.05, 0) is 43.2 Å². The fraction of sp³-hybridized carbons (Fsp3) is 0.455. The molecule has 1 aromatic heterocycles. The number of benzene rings is 1. The van der Waals surface area contributed by atoms with Crippen molar-refractivity contribution in [3.05, 3.63) is 54.0 Å². The highest BCUT2D eigenvalue weighted by atomic mass is 16.6. The van der Waals surface area contributed by atoms with Gasteiger partial charge in [0, 0.05) is 38.4 Å². The van der Waals surface area contributed by atoms with Gasteiger partial charge in [-0.1, -0.05) is 12.1 Å². The Balaban J connectivity index is 1.53. The van der Waals surface area contributed by atoms with E-state index in [2.05, 4.69) is 10.6 Å². The molecule has 0 atom stereocenters. The highest BCUT2D eigenvalue weighted by Gasteiger charge is 2.23. The molecule has 0 spiro atoms. The minimum atomic E-state index is -0.292. The third-order valence-corrected chi connectivity index (χ3v) is 4.63. The predicted molar refractivity (Wildman–Crippen MR) is 116 cm³/mol. The molecular weight excluding hydrogens is 384 g/mol. The lowest BCUT2D eigenvalue weighted by molar-refractivity contribution is 0.145. The van der Waals surface area contributed by atoms with Crippen LogP contribution in [0.2, 0.25) is 0 Å². The second-order valence-electron chi connectivity index (χ2n) is 6.83. The average Bonchev–Trinajstić information content (AvgIpc) is 3.43. The lowest BCUT2D eigenvalue weighted by Gasteiger charge is -2.14. The molecule has 30 heavy (non-hydrogen) atoms. The number of cyclic esters (lactones) is 1. The van der Waals surface area contributed by atoms with Crippen LogP contribution in [0.5, 0.6) is 0 Å². The van der Waals surface area contributed by atoms with E-state index in [9.17, 15) is 4.79 Å². The molecule has 162 valence electrons. The Morgan fingerprint density at radius 2 is 2.03 bits per heavy atom. The van der Waals surface area contributed by atoms with Gasteiger partial charge in [-0.2, -0.15) is 0 Å². The first kappa shape index (κ1) is 21.7. The molecule has 1 fully saturated rings. The van der Waals surface area contributed by atoms with Crippen LogP contribution in [0.15, 0.2) is 52.1 Å². The molecule has 0 bridgehead atoms. The number of carbonyl (C=O) groups excluding carboxylic acids is 1. The molecule has 2 heterocycles. The molecule has 0 radical (unpaired) electrons. The van der Waals surface area contributed by atoms with E-state index in [-0.39, 0.29) is 6.09 Å². The Kier molecular flexibility index (Phi) is 8.59. The number of anilines is 1. The Labute approximate surface area is 177 Å². The number of guanidine groups is 1. The van der Waals surface area contributed by atoms with Gasteiger partial charge in [0.1, 0.15) is 12.4 Å². The Morgan fingerprint density at radius 3 is 2.73 bits per heavy atom. The standard InChI is InChI=1S/C22H30N4O4/c1-2-28-14-4-11-23-21(24-12-10-20-5-3-15-29-20)25-17-18-6-8-19(9-7-18)26-13-16-30-22(26)27/h3,5-9,15H,2,4,10-14,16-17H2,1H3,(H2,23,24,25). The molecule has 0 unspecified atom stereocenters. The average molecular weight is 415 g/mol. The molecule has 2 aromatic rings. The van der Waals surface area contributed by atoms with Crippen molar-refractivity contribution in [3.8, 4) is 0 Å². The van der Waals surface area contributed by atoms with Gasteiger partial charge >= 0.3 is 6.09 Å². The first-order valence-corrected chi connectivity index (χ1v) is 10.4. The lowest BCUT2D eigenvalue weighted by atomic mass is 10.2. The zero-order chi connectivity index (χ0) is 21.0. The second kappa shape index (κ2) is 11.9. The summed E-state index contributed by atoms with van der Waals surface area (Å²) in [4.78, 5) is 18.0. The SMILES string of the molecule is CCOCCCNC(=NCc1ccc(N2CCOC2=O)cc1)NCCc1ccco1. The number of carbonyl (C=O) groups is 1. The fourth-order valence-corrected chi connectivity index (χ4v) is 3.04. The Hall–Kier alpha value is -3.00. The summed E-state index contributed by atoms with van der Waals surface area (Å²) in [6.45, 7) is 6.51. The quantitative estimate of drug-likeness (QED) is 0.334. The van der Waals surface area contributed by atoms with Gasteiger partial charge in [-0.25, -0.2) is 9.79 Å². The smallest absolute Gasteiger partial charge is 0.414 e. The summed E-state index contributed by atoms with van der Waals surface area (Å²) in [7, 11) is 0. The second-order valence-corrected chi connectivity index (χ2v) is 6.83. The van der Waals surface area contributed by atoms with E-state index in [0.717, 1.165) is 62.1 Å². The van der Waals surface area contributed by atoms with E-state index in [1.807, 2.05) is 43.3 Å². The van der Waals surface area contributed by atoms with Gasteiger partial charge in [-0.15, -0.1) is 0 Å². The molecule has 1 aliphatic rings. The summed E-state index contributed by atoms with van der Waals surface area (Å²) in [5.41, 5.74) is 1.91. The minimum Gasteiger partial charge on any atom is -0.469 e. The topological polar surface area (TPSA) is 88.3 Å². The van der Waals surface area contributed by atoms with E-state index in [4.69, 9.17) is 18.9 Å². The van der Waals surface area contributed by atoms with E-state index >= 15 is 0 Å². The number of rotatable bonds is 11. The molecule has 8 heteroatoms. The Morgan fingerprint density at radius 1 is 1.20 bits per heavy atom. The van der Waals surface area contributed by atoms with Gasteiger partial charge in [0.15, 0.2) is 5.96 Å². The maximum atomic E-state index is 11.7. The molecule has 1 saturated heterocycles. The molecule has 0 saturated carbocycles. The van der Waals surface area contributed by atoms with E-state index in [1.54, 1.807) is 11.2 Å². The van der Waals surface area contributed by atoms with Gasteiger partial charge in [0.2, 0.25) is 0 Å². The molecule has 0 aliphatic carbocycles. The number of hydrogen-bond acceptors (Lipinski definition) is 5. The van der Waals surface area contributed by atoms with Crippen molar-refractivity contribution in [2.24, 2.45) is 4.99 Å². The van der Waals surface area contributed by atoms with Crippen LogP contribution < -0.4 is 15.5 Å². The van der Waals surface area contributed by atoms with Gasteiger partial charge in [0.05, 0.1) is 19.4 Å². The van der Waals surface area contributed by atoms with Crippen molar-refractivity contribution in [1.82, 2.24) is 10.6 Å². The van der Waals surface area contributed by atoms with Crippen LogP contribution in [0.4, 0.5) is 10.5 Å². The predicted octanol–water partition coefficient (Wildman–Crippen LogP) is 2.94. The van der Waals surface area contributed by atoms with Gasteiger partial charge in [0.25, 0.3) is 0 Å². The summed E-state index contributed by atoms with van der Waals surface area (Å²) in [6, 6.07) is 11.7. The summed E-state index contributed by atoms with van der Waals surface area (Å²) in [5, 5.41) is 6.70. The number of nitrogens with zero attached hydrogens (tertiary/aromatic N) is 2. The Bertz CT molecular complexity index is 790. The summed E-state index contributed by atoms with van der Waals surface area (Å²) < 4.78 is 15.8. The van der Waals surface area contributed by atoms with Crippen LogP contribution in [0.3, 0.4) is 0 Å². The molecular formula is C22H30N4O4. The van der Waals surface area contributed by atoms with Gasteiger partial charge < -0.3 is 24.5 Å². The fourth-order valence-electron chi connectivity index (χ4n) is 3.04. The monoisotopic (exact) mass is 414 g/mol. The number of hydrogen-bond donors (Lipinski definition) is 2. The van der Waals surface area contributed by atoms with Crippen LogP contribution in [0.1, 0.15) is 24.7 Å². The number of furan rings is 1. The van der Waals surface area contributed by atoms with E-state index < -0.39 is 0 Å². The first-order chi connectivity index (χ1) is 14.8. The van der Waals surface area contributed by atoms with Crippen molar-refractivity contribution in [2.45, 2.75) is 26.3 Å². The highest BCUT2D eigenvalue weighted by molar-refractivity contribution is 5.89. The van der Waals surface area contributed by atoms with Crippen molar-refractivity contribution in [1.29, 1.82) is 0 Å². The third kappa shape index (κ3) is 6.81. The molecule has 1 aliphatic heterocycles. The molecule has 1 amide bonds. The highest BCUT2D eigenvalue weighted by Crippen LogP contribution is 2.19. The van der Waals surface area contributed by atoms with Crippen molar-refractivity contribution in [3.63, 3.8) is 0 Å². The van der Waals surface area contributed by atoms with Gasteiger partial charge in [-0.3, -0.25) is 4.90 Å². The van der Waals surface area contributed by atoms with Crippen LogP contribution in [-0.4, -0.2) is 51.5 Å². The minimum absolute atomic E-state index is 0.292. The van der Waals surface area contributed by atoms with Crippen LogP contribution in [0.25, 0.3) is 0 Å². The zero-order valence-corrected chi connectivity index (χ0v) is 17.4. The van der Waals surface area contributed by atoms with E-state index in [0.29, 0.717) is 19.7 Å². The van der Waals surface area contributed by atoms with Crippen molar-refractivity contribution < 1.29 is 18.7 Å². The molecule has 3 rings (SSSR count). The van der Waals surface area contributed by atoms with Crippen LogP contribution in [-0.2, 0) is 22.4 Å². The number of aliphatic imine (C=N–C) groups is 1. The van der Waals surface area contributed by atoms with Crippen LogP contribution >= 0.6 is 0 Å². The first-order valence-electron chi connectivity index (χ1n) is 10.4. The molecule has 2 N–H and O–H groups in total. The summed E-state index contributed by atoms with van der Waals surface area (Å²) in [6.07, 6.45) is 3.09. The number of amides is 1. The van der Waals surface area contributed by atoms with Crippen molar-refractivity contribution >= 4 is 17.7 Å². The van der Waals surface area contributed by atoms with E-state index in [1.165, 1.54) is 0 Å². The molecule has 1 aromatic carbocycles. The summed E-state index contributed by atoms with van der Waals surface area (Å²) in [5.74, 6) is 1.69. The lowest BCUT2D eigenvalue weighted by Crippen LogP contribution is -2.39. The summed E-state index contributed by atoms with van der Waals surface area (Å²) >= 11 is 0.